The Hall–Kier alpha value is -2.17. The summed E-state index contributed by atoms with van der Waals surface area (Å²) < 4.78 is 15.2. The smallest absolute Gasteiger partial charge is 0.124 e. The minimum absolute atomic E-state index is 0.324. The first-order valence-corrected chi connectivity index (χ1v) is 8.11. The highest BCUT2D eigenvalue weighted by Crippen LogP contribution is 2.28. The second-order valence-electron chi connectivity index (χ2n) is 6.24. The van der Waals surface area contributed by atoms with Gasteiger partial charge in [0.1, 0.15) is 5.82 Å². The molecule has 0 aliphatic rings. The van der Waals surface area contributed by atoms with Gasteiger partial charge in [0.15, 0.2) is 0 Å². The minimum atomic E-state index is -0.367. The molecular weight excluding hydrogens is 325 g/mol. The first-order chi connectivity index (χ1) is 11.5. The van der Waals surface area contributed by atoms with E-state index >= 15 is 0 Å². The van der Waals surface area contributed by atoms with Crippen molar-refractivity contribution in [3.8, 4) is 5.69 Å². The van der Waals surface area contributed by atoms with Crippen molar-refractivity contribution in [3.05, 3.63) is 83.2 Å². The molecule has 124 valence electrons. The average molecular weight is 344 g/mol. The van der Waals surface area contributed by atoms with Crippen molar-refractivity contribution >= 4 is 11.6 Å². The summed E-state index contributed by atoms with van der Waals surface area (Å²) in [5.74, 6) is -0.324. The Labute approximate surface area is 146 Å². The fourth-order valence-corrected chi connectivity index (χ4v) is 3.02. The molecule has 0 spiro atoms. The Morgan fingerprint density at radius 2 is 1.92 bits per heavy atom. The van der Waals surface area contributed by atoms with Crippen molar-refractivity contribution in [2.45, 2.75) is 25.9 Å². The molecule has 3 nitrogen and oxygen atoms in total. The van der Waals surface area contributed by atoms with Crippen molar-refractivity contribution < 1.29 is 4.39 Å². The van der Waals surface area contributed by atoms with E-state index in [-0.39, 0.29) is 11.4 Å². The number of rotatable bonds is 5. The van der Waals surface area contributed by atoms with E-state index < -0.39 is 0 Å². The summed E-state index contributed by atoms with van der Waals surface area (Å²) in [6, 6.07) is 12.8. The minimum Gasteiger partial charge on any atom is -0.306 e. The Morgan fingerprint density at radius 3 is 2.54 bits per heavy atom. The van der Waals surface area contributed by atoms with E-state index in [1.165, 1.54) is 12.1 Å². The van der Waals surface area contributed by atoms with Gasteiger partial charge in [-0.3, -0.25) is 0 Å². The molecule has 2 aromatic carbocycles. The van der Waals surface area contributed by atoms with Crippen molar-refractivity contribution in [1.82, 2.24) is 14.9 Å². The highest BCUT2D eigenvalue weighted by Gasteiger charge is 2.22. The van der Waals surface area contributed by atoms with Crippen molar-refractivity contribution in [3.63, 3.8) is 0 Å². The summed E-state index contributed by atoms with van der Waals surface area (Å²) in [5, 5.41) is 3.91. The van der Waals surface area contributed by atoms with Crippen molar-refractivity contribution in [2.24, 2.45) is 0 Å². The van der Waals surface area contributed by atoms with Crippen LogP contribution in [0.3, 0.4) is 0 Å². The number of aromatic nitrogens is 2. The molecule has 3 rings (SSSR count). The Kier molecular flexibility index (Phi) is 4.69. The molecule has 0 amide bonds. The second kappa shape index (κ2) is 6.75. The molecule has 3 aromatic rings. The third kappa shape index (κ3) is 3.66. The van der Waals surface area contributed by atoms with Gasteiger partial charge in [0.25, 0.3) is 0 Å². The van der Waals surface area contributed by atoms with Crippen LogP contribution in [-0.4, -0.2) is 9.55 Å². The standard InChI is InChI=1S/C19H19ClFN3/c1-19(2,17-8-5-15(21)11-18(17)20)23-12-14-3-6-16(7-4-14)24-10-9-22-13-24/h3-11,13,23H,12H2,1-2H3. The largest absolute Gasteiger partial charge is 0.306 e. The maximum Gasteiger partial charge on any atom is 0.124 e. The van der Waals surface area contributed by atoms with E-state index in [2.05, 4.69) is 34.6 Å². The van der Waals surface area contributed by atoms with Crippen LogP contribution in [0, 0.1) is 5.82 Å². The van der Waals surface area contributed by atoms with Gasteiger partial charge in [0.2, 0.25) is 0 Å². The summed E-state index contributed by atoms with van der Waals surface area (Å²) in [7, 11) is 0. The van der Waals surface area contributed by atoms with Crippen LogP contribution < -0.4 is 5.32 Å². The Bertz CT molecular complexity index is 811. The zero-order valence-electron chi connectivity index (χ0n) is 13.6. The molecule has 0 atom stereocenters. The predicted molar refractivity (Wildman–Crippen MR) is 94.8 cm³/mol. The third-order valence-electron chi connectivity index (χ3n) is 4.08. The van der Waals surface area contributed by atoms with Gasteiger partial charge in [-0.1, -0.05) is 29.8 Å². The third-order valence-corrected chi connectivity index (χ3v) is 4.39. The lowest BCUT2D eigenvalue weighted by atomic mass is 9.93. The molecule has 0 saturated carbocycles. The van der Waals surface area contributed by atoms with E-state index in [4.69, 9.17) is 11.6 Å². The van der Waals surface area contributed by atoms with Crippen LogP contribution in [-0.2, 0) is 12.1 Å². The first kappa shape index (κ1) is 16.7. The molecule has 0 saturated heterocycles. The van der Waals surface area contributed by atoms with Crippen molar-refractivity contribution in [1.29, 1.82) is 0 Å². The lowest BCUT2D eigenvalue weighted by molar-refractivity contribution is 0.401. The van der Waals surface area contributed by atoms with Gasteiger partial charge in [0.05, 0.1) is 6.33 Å². The van der Waals surface area contributed by atoms with Crippen molar-refractivity contribution in [2.75, 3.05) is 0 Å². The number of benzene rings is 2. The van der Waals surface area contributed by atoms with Crippen LogP contribution in [0.15, 0.2) is 61.2 Å². The maximum absolute atomic E-state index is 13.2. The molecule has 1 N–H and O–H groups in total. The zero-order valence-corrected chi connectivity index (χ0v) is 14.4. The van der Waals surface area contributed by atoms with E-state index in [9.17, 15) is 4.39 Å². The number of halogens is 2. The highest BCUT2D eigenvalue weighted by molar-refractivity contribution is 6.31. The zero-order chi connectivity index (χ0) is 17.2. The summed E-state index contributed by atoms with van der Waals surface area (Å²) in [5.41, 5.74) is 2.73. The topological polar surface area (TPSA) is 29.9 Å². The van der Waals surface area contributed by atoms with Crippen LogP contribution >= 0.6 is 11.6 Å². The van der Waals surface area contributed by atoms with E-state index in [1.807, 2.05) is 24.6 Å². The number of hydrogen-bond donors (Lipinski definition) is 1. The predicted octanol–water partition coefficient (Wildman–Crippen LogP) is 4.69. The van der Waals surface area contributed by atoms with E-state index in [0.717, 1.165) is 16.8 Å². The van der Waals surface area contributed by atoms with E-state index in [1.54, 1.807) is 18.6 Å². The maximum atomic E-state index is 13.2. The average Bonchev–Trinajstić information content (AvgIpc) is 3.07. The van der Waals surface area contributed by atoms with Crippen LogP contribution in [0.5, 0.6) is 0 Å². The van der Waals surface area contributed by atoms with E-state index in [0.29, 0.717) is 11.6 Å². The normalized spacial score (nSPS) is 11.7. The summed E-state index contributed by atoms with van der Waals surface area (Å²) in [4.78, 5) is 4.05. The molecule has 1 heterocycles. The van der Waals surface area contributed by atoms with Crippen LogP contribution in [0.4, 0.5) is 4.39 Å². The summed E-state index contributed by atoms with van der Waals surface area (Å²) in [6.45, 7) is 4.75. The Morgan fingerprint density at radius 1 is 1.17 bits per heavy atom. The Balaban J connectivity index is 1.70. The molecule has 0 fully saturated rings. The van der Waals surface area contributed by atoms with Gasteiger partial charge in [-0.2, -0.15) is 0 Å². The quantitative estimate of drug-likeness (QED) is 0.728. The lowest BCUT2D eigenvalue weighted by Gasteiger charge is -2.28. The molecule has 0 radical (unpaired) electrons. The lowest BCUT2D eigenvalue weighted by Crippen LogP contribution is -2.36. The number of imidazole rings is 1. The number of nitrogens with one attached hydrogen (secondary N) is 1. The van der Waals surface area contributed by atoms with Gasteiger partial charge < -0.3 is 9.88 Å². The molecule has 0 bridgehead atoms. The van der Waals surface area contributed by atoms with Crippen LogP contribution in [0.25, 0.3) is 5.69 Å². The fraction of sp³-hybridized carbons (Fsp3) is 0.211. The first-order valence-electron chi connectivity index (χ1n) is 7.73. The van der Waals surface area contributed by atoms with Gasteiger partial charge in [-0.25, -0.2) is 9.37 Å². The molecule has 0 aliphatic carbocycles. The van der Waals surface area contributed by atoms with Gasteiger partial charge in [0, 0.05) is 35.2 Å². The molecule has 0 aliphatic heterocycles. The molecule has 24 heavy (non-hydrogen) atoms. The highest BCUT2D eigenvalue weighted by atomic mass is 35.5. The van der Waals surface area contributed by atoms with Gasteiger partial charge >= 0.3 is 0 Å². The van der Waals surface area contributed by atoms with Gasteiger partial charge in [-0.15, -0.1) is 0 Å². The summed E-state index contributed by atoms with van der Waals surface area (Å²) in [6.07, 6.45) is 5.43. The summed E-state index contributed by atoms with van der Waals surface area (Å²) >= 11 is 6.18. The van der Waals surface area contributed by atoms with Crippen LogP contribution in [0.1, 0.15) is 25.0 Å². The van der Waals surface area contributed by atoms with Gasteiger partial charge in [-0.05, 0) is 49.2 Å². The number of nitrogens with zero attached hydrogens (tertiary/aromatic N) is 2. The monoisotopic (exact) mass is 343 g/mol. The fourth-order valence-electron chi connectivity index (χ4n) is 2.61. The second-order valence-corrected chi connectivity index (χ2v) is 6.65. The number of hydrogen-bond acceptors (Lipinski definition) is 2. The molecule has 5 heteroatoms. The molecular formula is C19H19ClFN3. The molecule has 0 unspecified atom stereocenters. The van der Waals surface area contributed by atoms with Crippen LogP contribution in [0.2, 0.25) is 5.02 Å². The molecule has 1 aromatic heterocycles. The SMILES string of the molecule is CC(C)(NCc1ccc(-n2ccnc2)cc1)c1ccc(F)cc1Cl.